The molecule has 1 saturated heterocycles. The largest absolute Gasteiger partial charge is 0.448 e. The smallest absolute Gasteiger partial charge is 0.273 e. The minimum Gasteiger partial charge on any atom is -0.448 e. The minimum absolute atomic E-state index is 0.0420. The molecule has 1 unspecified atom stereocenters. The number of amides is 1. The first-order valence-electron chi connectivity index (χ1n) is 8.43. The fourth-order valence-electron chi connectivity index (χ4n) is 3.15. The van der Waals surface area contributed by atoms with E-state index in [0.717, 1.165) is 19.0 Å². The summed E-state index contributed by atoms with van der Waals surface area (Å²) in [6, 6.07) is 0. The van der Waals surface area contributed by atoms with E-state index in [4.69, 9.17) is 4.42 Å². The molecule has 0 aliphatic carbocycles. The number of piperidine rings is 1. The molecule has 1 aromatic rings. The van der Waals surface area contributed by atoms with E-state index >= 15 is 0 Å². The van der Waals surface area contributed by atoms with E-state index in [1.807, 2.05) is 6.92 Å². The van der Waals surface area contributed by atoms with Gasteiger partial charge in [0.1, 0.15) is 5.76 Å². The van der Waals surface area contributed by atoms with Crippen molar-refractivity contribution in [2.45, 2.75) is 58.9 Å². The van der Waals surface area contributed by atoms with Gasteiger partial charge in [-0.15, -0.1) is 0 Å². The van der Waals surface area contributed by atoms with Crippen LogP contribution in [0.1, 0.15) is 63.2 Å². The Balaban J connectivity index is 1.93. The lowest BCUT2D eigenvalue weighted by molar-refractivity contribution is 0.0610. The lowest BCUT2D eigenvalue weighted by Gasteiger charge is -2.43. The van der Waals surface area contributed by atoms with Gasteiger partial charge in [-0.25, -0.2) is 4.98 Å². The number of aromatic nitrogens is 1. The number of carbonyl (C=O) groups is 1. The zero-order valence-corrected chi connectivity index (χ0v) is 14.3. The lowest BCUT2D eigenvalue weighted by atomic mass is 9.91. The van der Waals surface area contributed by atoms with Crippen molar-refractivity contribution >= 4 is 5.91 Å². The van der Waals surface area contributed by atoms with Crippen molar-refractivity contribution in [2.24, 2.45) is 5.92 Å². The molecule has 5 nitrogen and oxygen atoms in total. The Hall–Kier alpha value is -1.36. The van der Waals surface area contributed by atoms with Crippen LogP contribution in [0.15, 0.2) is 10.8 Å². The van der Waals surface area contributed by atoms with E-state index in [-0.39, 0.29) is 11.4 Å². The van der Waals surface area contributed by atoms with Crippen LogP contribution in [0.2, 0.25) is 0 Å². The van der Waals surface area contributed by atoms with Crippen molar-refractivity contribution in [1.29, 1.82) is 0 Å². The molecule has 22 heavy (non-hydrogen) atoms. The summed E-state index contributed by atoms with van der Waals surface area (Å²) >= 11 is 0. The highest BCUT2D eigenvalue weighted by atomic mass is 16.3. The number of hydrogen-bond donors (Lipinski definition) is 1. The van der Waals surface area contributed by atoms with Gasteiger partial charge in [0.15, 0.2) is 12.1 Å². The van der Waals surface area contributed by atoms with Gasteiger partial charge >= 0.3 is 0 Å². The Morgan fingerprint density at radius 3 is 2.95 bits per heavy atom. The van der Waals surface area contributed by atoms with Crippen LogP contribution in [0.4, 0.5) is 0 Å². The van der Waals surface area contributed by atoms with E-state index in [0.29, 0.717) is 24.4 Å². The van der Waals surface area contributed by atoms with Crippen molar-refractivity contribution in [3.63, 3.8) is 0 Å². The predicted molar refractivity (Wildman–Crippen MR) is 86.9 cm³/mol. The molecule has 5 heteroatoms. The third kappa shape index (κ3) is 3.88. The van der Waals surface area contributed by atoms with Gasteiger partial charge in [-0.1, -0.05) is 20.3 Å². The van der Waals surface area contributed by atoms with Crippen LogP contribution in [0.3, 0.4) is 0 Å². The summed E-state index contributed by atoms with van der Waals surface area (Å²) in [6.45, 7) is 11.5. The van der Waals surface area contributed by atoms with Gasteiger partial charge in [0.25, 0.3) is 5.91 Å². The maximum absolute atomic E-state index is 12.3. The zero-order chi connectivity index (χ0) is 16.2. The summed E-state index contributed by atoms with van der Waals surface area (Å²) in [5.41, 5.74) is 0.378. The summed E-state index contributed by atoms with van der Waals surface area (Å²) < 4.78 is 5.23. The molecule has 0 saturated carbocycles. The highest BCUT2D eigenvalue weighted by Crippen LogP contribution is 2.25. The van der Waals surface area contributed by atoms with Crippen molar-refractivity contribution in [1.82, 2.24) is 15.2 Å². The number of rotatable bonds is 6. The molecular weight excluding hydrogens is 278 g/mol. The van der Waals surface area contributed by atoms with Gasteiger partial charge in [0.05, 0.1) is 0 Å². The zero-order valence-electron chi connectivity index (χ0n) is 14.3. The van der Waals surface area contributed by atoms with Crippen molar-refractivity contribution in [2.75, 3.05) is 19.6 Å². The number of nitrogens with zero attached hydrogens (tertiary/aromatic N) is 2. The molecule has 1 atom stereocenters. The minimum atomic E-state index is -0.136. The fraction of sp³-hybridized carbons (Fsp3) is 0.765. The second-order valence-electron chi connectivity index (χ2n) is 6.84. The monoisotopic (exact) mass is 307 g/mol. The van der Waals surface area contributed by atoms with Crippen molar-refractivity contribution < 1.29 is 9.21 Å². The van der Waals surface area contributed by atoms with Gasteiger partial charge in [0, 0.05) is 25.0 Å². The summed E-state index contributed by atoms with van der Waals surface area (Å²) in [6.07, 6.45) is 5.83. The predicted octanol–water partition coefficient (Wildman–Crippen LogP) is 2.87. The molecule has 2 heterocycles. The van der Waals surface area contributed by atoms with Crippen LogP contribution in [-0.2, 0) is 6.42 Å². The highest BCUT2D eigenvalue weighted by Gasteiger charge is 2.31. The molecule has 1 amide bonds. The summed E-state index contributed by atoms with van der Waals surface area (Å²) in [5.74, 6) is 1.30. The normalized spacial score (nSPS) is 20.1. The van der Waals surface area contributed by atoms with E-state index in [1.165, 1.54) is 25.7 Å². The summed E-state index contributed by atoms with van der Waals surface area (Å²) in [4.78, 5) is 18.8. The standard InChI is InChI=1S/C17H29N3O2/c1-5-13-8-7-9-20(10-13)17(3,4)11-18-16(21)15-14(6-2)22-12-19-15/h12-13H,5-11H2,1-4H3,(H,18,21). The Labute approximate surface area is 133 Å². The van der Waals surface area contributed by atoms with E-state index in [2.05, 4.69) is 36.0 Å². The summed E-state index contributed by atoms with van der Waals surface area (Å²) in [5, 5.41) is 3.03. The second-order valence-corrected chi connectivity index (χ2v) is 6.84. The number of hydrogen-bond acceptors (Lipinski definition) is 4. The molecule has 1 fully saturated rings. The topological polar surface area (TPSA) is 58.4 Å². The van der Waals surface area contributed by atoms with Gasteiger partial charge in [-0.3, -0.25) is 9.69 Å². The average Bonchev–Trinajstić information content (AvgIpc) is 3.01. The molecular formula is C17H29N3O2. The molecule has 0 spiro atoms. The van der Waals surface area contributed by atoms with Crippen molar-refractivity contribution in [3.05, 3.63) is 17.8 Å². The van der Waals surface area contributed by atoms with Crippen LogP contribution in [0.5, 0.6) is 0 Å². The Morgan fingerprint density at radius 1 is 1.50 bits per heavy atom. The highest BCUT2D eigenvalue weighted by molar-refractivity contribution is 5.93. The molecule has 1 aromatic heterocycles. The number of likely N-dealkylation sites (tertiary alicyclic amines) is 1. The maximum Gasteiger partial charge on any atom is 0.273 e. The molecule has 0 aromatic carbocycles. The number of aryl methyl sites for hydroxylation is 1. The quantitative estimate of drug-likeness (QED) is 0.878. The van der Waals surface area contributed by atoms with Gasteiger partial charge in [-0.2, -0.15) is 0 Å². The van der Waals surface area contributed by atoms with Crippen LogP contribution in [-0.4, -0.2) is 41.0 Å². The Bertz CT molecular complexity index is 496. The van der Waals surface area contributed by atoms with Crippen LogP contribution < -0.4 is 5.32 Å². The number of nitrogens with one attached hydrogen (secondary N) is 1. The van der Waals surface area contributed by atoms with Crippen LogP contribution in [0, 0.1) is 5.92 Å². The van der Waals surface area contributed by atoms with Gasteiger partial charge in [0.2, 0.25) is 0 Å². The third-order valence-corrected chi connectivity index (χ3v) is 4.81. The van der Waals surface area contributed by atoms with Crippen LogP contribution in [0.25, 0.3) is 0 Å². The first-order valence-corrected chi connectivity index (χ1v) is 8.43. The lowest BCUT2D eigenvalue weighted by Crippen LogP contribution is -2.54. The van der Waals surface area contributed by atoms with E-state index < -0.39 is 0 Å². The number of oxazole rings is 1. The Morgan fingerprint density at radius 2 is 2.27 bits per heavy atom. The number of carbonyl (C=O) groups excluding carboxylic acids is 1. The maximum atomic E-state index is 12.3. The SMILES string of the molecule is CCc1ocnc1C(=O)NCC(C)(C)N1CCCC(CC)C1. The summed E-state index contributed by atoms with van der Waals surface area (Å²) in [7, 11) is 0. The van der Waals surface area contributed by atoms with Crippen LogP contribution >= 0.6 is 0 Å². The fourth-order valence-corrected chi connectivity index (χ4v) is 3.15. The molecule has 1 aliphatic heterocycles. The first-order chi connectivity index (χ1) is 10.5. The van der Waals surface area contributed by atoms with Gasteiger partial charge < -0.3 is 9.73 Å². The molecule has 1 N–H and O–H groups in total. The third-order valence-electron chi connectivity index (χ3n) is 4.81. The first kappa shape index (κ1) is 17.0. The molecule has 1 aliphatic rings. The average molecular weight is 307 g/mol. The second kappa shape index (κ2) is 7.27. The molecule has 0 radical (unpaired) electrons. The van der Waals surface area contributed by atoms with Crippen molar-refractivity contribution in [3.8, 4) is 0 Å². The molecule has 124 valence electrons. The van der Waals surface area contributed by atoms with Gasteiger partial charge in [-0.05, 0) is 39.2 Å². The van der Waals surface area contributed by atoms with E-state index in [1.54, 1.807) is 0 Å². The molecule has 2 rings (SSSR count). The Kier molecular flexibility index (Phi) is 5.62. The molecule has 0 bridgehead atoms. The van der Waals surface area contributed by atoms with E-state index in [9.17, 15) is 4.79 Å².